The Morgan fingerprint density at radius 1 is 1.15 bits per heavy atom. The Bertz CT molecular complexity index is 151. The van der Waals surface area contributed by atoms with Crippen molar-refractivity contribution in [1.29, 1.82) is 0 Å². The molecular formula is C10H21N3. The van der Waals surface area contributed by atoms with E-state index in [-0.39, 0.29) is 0 Å². The highest BCUT2D eigenvalue weighted by Crippen LogP contribution is 2.10. The summed E-state index contributed by atoms with van der Waals surface area (Å²) in [5.41, 5.74) is 0. The van der Waals surface area contributed by atoms with Crippen LogP contribution >= 0.6 is 0 Å². The summed E-state index contributed by atoms with van der Waals surface area (Å²) in [6.07, 6.45) is 3.95. The van der Waals surface area contributed by atoms with Crippen LogP contribution in [0.1, 0.15) is 19.3 Å². The van der Waals surface area contributed by atoms with E-state index in [9.17, 15) is 0 Å². The third-order valence-corrected chi connectivity index (χ3v) is 3.20. The first kappa shape index (κ1) is 9.44. The molecule has 2 fully saturated rings. The second-order valence-corrected chi connectivity index (χ2v) is 4.44. The Balaban J connectivity index is 1.71. The molecule has 2 saturated heterocycles. The van der Waals surface area contributed by atoms with Gasteiger partial charge in [0, 0.05) is 18.6 Å². The Labute approximate surface area is 80.9 Å². The van der Waals surface area contributed by atoms with Gasteiger partial charge < -0.3 is 15.5 Å². The molecule has 2 aliphatic heterocycles. The maximum atomic E-state index is 3.77. The predicted molar refractivity (Wildman–Crippen MR) is 54.9 cm³/mol. The summed E-state index contributed by atoms with van der Waals surface area (Å²) in [6, 6.07) is 1.53. The molecule has 0 bridgehead atoms. The molecule has 3 nitrogen and oxygen atoms in total. The van der Waals surface area contributed by atoms with Crippen molar-refractivity contribution in [2.75, 3.05) is 33.2 Å². The molecule has 1 atom stereocenters. The van der Waals surface area contributed by atoms with Gasteiger partial charge in [0.15, 0.2) is 0 Å². The lowest BCUT2D eigenvalue weighted by Gasteiger charge is -2.26. The van der Waals surface area contributed by atoms with E-state index in [4.69, 9.17) is 0 Å². The van der Waals surface area contributed by atoms with Gasteiger partial charge in [-0.1, -0.05) is 0 Å². The largest absolute Gasteiger partial charge is 0.317 e. The molecule has 13 heavy (non-hydrogen) atoms. The molecule has 0 saturated carbocycles. The maximum Gasteiger partial charge on any atom is 0.0209 e. The van der Waals surface area contributed by atoms with Gasteiger partial charge in [-0.3, -0.25) is 0 Å². The third-order valence-electron chi connectivity index (χ3n) is 3.20. The Kier molecular flexibility index (Phi) is 3.19. The number of likely N-dealkylation sites (tertiary alicyclic amines) is 1. The molecule has 76 valence electrons. The van der Waals surface area contributed by atoms with Crippen molar-refractivity contribution >= 4 is 0 Å². The van der Waals surface area contributed by atoms with Crippen molar-refractivity contribution < 1.29 is 0 Å². The van der Waals surface area contributed by atoms with E-state index >= 15 is 0 Å². The Hall–Kier alpha value is -0.120. The van der Waals surface area contributed by atoms with Gasteiger partial charge >= 0.3 is 0 Å². The second kappa shape index (κ2) is 4.40. The Morgan fingerprint density at radius 3 is 2.54 bits per heavy atom. The van der Waals surface area contributed by atoms with Crippen LogP contribution in [0.3, 0.4) is 0 Å². The van der Waals surface area contributed by atoms with Crippen molar-refractivity contribution in [3.05, 3.63) is 0 Å². The molecule has 0 aliphatic carbocycles. The molecule has 0 amide bonds. The van der Waals surface area contributed by atoms with E-state index in [0.29, 0.717) is 0 Å². The van der Waals surface area contributed by atoms with E-state index in [0.717, 1.165) is 12.1 Å². The van der Waals surface area contributed by atoms with E-state index in [1.165, 1.54) is 45.4 Å². The first-order valence-electron chi connectivity index (χ1n) is 5.50. The fraction of sp³-hybridized carbons (Fsp3) is 1.00. The van der Waals surface area contributed by atoms with Gasteiger partial charge in [0.25, 0.3) is 0 Å². The summed E-state index contributed by atoms with van der Waals surface area (Å²) < 4.78 is 0. The van der Waals surface area contributed by atoms with Crippen molar-refractivity contribution in [2.45, 2.75) is 31.3 Å². The zero-order valence-corrected chi connectivity index (χ0v) is 8.55. The van der Waals surface area contributed by atoms with E-state index in [1.54, 1.807) is 0 Å². The van der Waals surface area contributed by atoms with E-state index < -0.39 is 0 Å². The van der Waals surface area contributed by atoms with E-state index in [2.05, 4.69) is 22.6 Å². The number of hydrogen-bond acceptors (Lipinski definition) is 3. The molecular weight excluding hydrogens is 162 g/mol. The zero-order valence-electron chi connectivity index (χ0n) is 8.55. The molecule has 3 heteroatoms. The summed E-state index contributed by atoms with van der Waals surface area (Å²) in [5.74, 6) is 0. The average Bonchev–Trinajstić information content (AvgIpc) is 2.53. The smallest absolute Gasteiger partial charge is 0.0209 e. The summed E-state index contributed by atoms with van der Waals surface area (Å²) in [6.45, 7) is 4.90. The van der Waals surface area contributed by atoms with Crippen LogP contribution in [0.15, 0.2) is 0 Å². The van der Waals surface area contributed by atoms with Crippen LogP contribution in [-0.2, 0) is 0 Å². The minimum Gasteiger partial charge on any atom is -0.317 e. The number of likely N-dealkylation sites (N-methyl/N-ethyl adjacent to an activating group) is 1. The van der Waals surface area contributed by atoms with Gasteiger partial charge in [0.1, 0.15) is 0 Å². The van der Waals surface area contributed by atoms with Gasteiger partial charge in [-0.05, 0) is 45.9 Å². The van der Waals surface area contributed by atoms with Gasteiger partial charge in [-0.2, -0.15) is 0 Å². The normalized spacial score (nSPS) is 32.5. The highest BCUT2D eigenvalue weighted by Gasteiger charge is 2.22. The fourth-order valence-corrected chi connectivity index (χ4v) is 2.39. The first-order valence-corrected chi connectivity index (χ1v) is 5.50. The van der Waals surface area contributed by atoms with Crippen molar-refractivity contribution in [2.24, 2.45) is 0 Å². The van der Waals surface area contributed by atoms with Crippen LogP contribution in [0.5, 0.6) is 0 Å². The monoisotopic (exact) mass is 183 g/mol. The molecule has 1 unspecified atom stereocenters. The number of rotatable bonds is 2. The SMILES string of the molecule is CN1CCC(NC2CCNCC2)C1. The Morgan fingerprint density at radius 2 is 1.92 bits per heavy atom. The second-order valence-electron chi connectivity index (χ2n) is 4.44. The zero-order chi connectivity index (χ0) is 9.10. The molecule has 2 N–H and O–H groups in total. The summed E-state index contributed by atoms with van der Waals surface area (Å²) in [7, 11) is 2.21. The van der Waals surface area contributed by atoms with Gasteiger partial charge in [-0.25, -0.2) is 0 Å². The third kappa shape index (κ3) is 2.66. The highest BCUT2D eigenvalue weighted by atomic mass is 15.2. The van der Waals surface area contributed by atoms with Crippen LogP contribution in [0.4, 0.5) is 0 Å². The van der Waals surface area contributed by atoms with Crippen molar-refractivity contribution in [1.82, 2.24) is 15.5 Å². The number of piperidine rings is 1. The maximum absolute atomic E-state index is 3.77. The van der Waals surface area contributed by atoms with Crippen LogP contribution in [0.2, 0.25) is 0 Å². The molecule has 0 aromatic carbocycles. The summed E-state index contributed by atoms with van der Waals surface area (Å²) in [4.78, 5) is 2.42. The molecule has 0 spiro atoms. The van der Waals surface area contributed by atoms with Gasteiger partial charge in [0.05, 0.1) is 0 Å². The molecule has 2 aliphatic rings. The minimum absolute atomic E-state index is 0.757. The quantitative estimate of drug-likeness (QED) is 0.632. The predicted octanol–water partition coefficient (Wildman–Crippen LogP) is 0.0321. The van der Waals surface area contributed by atoms with Gasteiger partial charge in [0.2, 0.25) is 0 Å². The fourth-order valence-electron chi connectivity index (χ4n) is 2.39. The molecule has 2 heterocycles. The lowest BCUT2D eigenvalue weighted by atomic mass is 10.1. The summed E-state index contributed by atoms with van der Waals surface area (Å²) >= 11 is 0. The molecule has 0 aromatic heterocycles. The number of nitrogens with one attached hydrogen (secondary N) is 2. The van der Waals surface area contributed by atoms with Crippen LogP contribution in [-0.4, -0.2) is 50.2 Å². The highest BCUT2D eigenvalue weighted by molar-refractivity contribution is 4.84. The number of nitrogens with zero attached hydrogens (tertiary/aromatic N) is 1. The van der Waals surface area contributed by atoms with Crippen molar-refractivity contribution in [3.63, 3.8) is 0 Å². The lowest BCUT2D eigenvalue weighted by molar-refractivity contribution is 0.337. The number of hydrogen-bond donors (Lipinski definition) is 2. The van der Waals surface area contributed by atoms with Crippen molar-refractivity contribution in [3.8, 4) is 0 Å². The average molecular weight is 183 g/mol. The molecule has 0 aromatic rings. The standard InChI is InChI=1S/C10H21N3/c1-13-7-4-10(8-13)12-9-2-5-11-6-3-9/h9-12H,2-8H2,1H3. The van der Waals surface area contributed by atoms with Gasteiger partial charge in [-0.15, -0.1) is 0 Å². The minimum atomic E-state index is 0.757. The molecule has 2 rings (SSSR count). The summed E-state index contributed by atoms with van der Waals surface area (Å²) in [5, 5.41) is 7.16. The van der Waals surface area contributed by atoms with Crippen LogP contribution in [0, 0.1) is 0 Å². The van der Waals surface area contributed by atoms with Crippen LogP contribution < -0.4 is 10.6 Å². The molecule has 0 radical (unpaired) electrons. The first-order chi connectivity index (χ1) is 6.34. The van der Waals surface area contributed by atoms with E-state index in [1.807, 2.05) is 0 Å². The lowest BCUT2D eigenvalue weighted by Crippen LogP contribution is -2.45. The topological polar surface area (TPSA) is 27.3 Å². The van der Waals surface area contributed by atoms with Crippen LogP contribution in [0.25, 0.3) is 0 Å².